The van der Waals surface area contributed by atoms with Gasteiger partial charge in [-0.05, 0) is 49.1 Å². The zero-order valence-corrected chi connectivity index (χ0v) is 17.0. The van der Waals surface area contributed by atoms with Crippen molar-refractivity contribution in [3.63, 3.8) is 0 Å². The number of benzene rings is 2. The molecule has 0 aliphatic carbocycles. The Morgan fingerprint density at radius 2 is 1.86 bits per heavy atom. The van der Waals surface area contributed by atoms with E-state index in [2.05, 4.69) is 56.0 Å². The highest BCUT2D eigenvalue weighted by atomic mass is 16.4. The van der Waals surface area contributed by atoms with Crippen molar-refractivity contribution in [2.75, 3.05) is 31.1 Å². The van der Waals surface area contributed by atoms with Gasteiger partial charge in [-0.15, -0.1) is 0 Å². The molecule has 0 atom stereocenters. The second kappa shape index (κ2) is 7.80. The topological polar surface area (TPSA) is 37.9 Å². The van der Waals surface area contributed by atoms with E-state index < -0.39 is 0 Å². The summed E-state index contributed by atoms with van der Waals surface area (Å²) in [6, 6.07) is 14.5. The largest absolute Gasteiger partial charge is 0.423 e. The van der Waals surface area contributed by atoms with Crippen LogP contribution in [0.4, 0.5) is 5.69 Å². The van der Waals surface area contributed by atoms with Crippen molar-refractivity contribution in [1.29, 1.82) is 0 Å². The Kier molecular flexibility index (Phi) is 5.23. The molecule has 1 fully saturated rings. The smallest absolute Gasteiger partial charge is 0.336 e. The predicted molar refractivity (Wildman–Crippen MR) is 114 cm³/mol. The molecule has 146 valence electrons. The Morgan fingerprint density at radius 3 is 2.61 bits per heavy atom. The fourth-order valence-electron chi connectivity index (χ4n) is 4.23. The third kappa shape index (κ3) is 3.69. The van der Waals surface area contributed by atoms with Crippen LogP contribution >= 0.6 is 0 Å². The molecule has 0 saturated carbocycles. The van der Waals surface area contributed by atoms with Crippen molar-refractivity contribution in [3.8, 4) is 0 Å². The van der Waals surface area contributed by atoms with Gasteiger partial charge in [0.15, 0.2) is 0 Å². The fraction of sp³-hybridized carbons (Fsp3) is 0.375. The molecule has 4 rings (SSSR count). The minimum atomic E-state index is -0.246. The molecule has 0 radical (unpaired) electrons. The van der Waals surface area contributed by atoms with E-state index in [0.717, 1.165) is 55.7 Å². The molecule has 0 unspecified atom stereocenters. The molecule has 4 nitrogen and oxygen atoms in total. The maximum Gasteiger partial charge on any atom is 0.336 e. The summed E-state index contributed by atoms with van der Waals surface area (Å²) in [5, 5.41) is 1.07. The van der Waals surface area contributed by atoms with Crippen molar-refractivity contribution in [2.24, 2.45) is 0 Å². The van der Waals surface area contributed by atoms with Crippen LogP contribution in [0.1, 0.15) is 29.2 Å². The van der Waals surface area contributed by atoms with Gasteiger partial charge >= 0.3 is 5.63 Å². The Balaban J connectivity index is 1.51. The first-order valence-electron chi connectivity index (χ1n) is 10.3. The first-order valence-corrected chi connectivity index (χ1v) is 10.3. The average molecular weight is 378 g/mol. The van der Waals surface area contributed by atoms with Gasteiger partial charge in [0.1, 0.15) is 12.1 Å². The summed E-state index contributed by atoms with van der Waals surface area (Å²) in [6.07, 6.45) is 0.940. The van der Waals surface area contributed by atoms with Crippen molar-refractivity contribution in [2.45, 2.75) is 33.7 Å². The molecule has 28 heavy (non-hydrogen) atoms. The maximum atomic E-state index is 12.1. The van der Waals surface area contributed by atoms with Crippen LogP contribution in [0, 0.1) is 13.8 Å². The summed E-state index contributed by atoms with van der Waals surface area (Å²) in [4.78, 5) is 16.1. The summed E-state index contributed by atoms with van der Waals surface area (Å²) < 4.78 is 5.46. The monoisotopic (exact) mass is 377 g/mol. The number of piperazine rings is 1. The molecule has 2 heterocycles. The van der Waals surface area contributed by atoms with E-state index in [4.69, 9.17) is 4.42 Å². The van der Waals surface area contributed by atoms with Crippen molar-refractivity contribution >= 4 is 16.7 Å². The molecule has 0 amide bonds. The van der Waals surface area contributed by atoms with Gasteiger partial charge < -0.3 is 14.2 Å². The molecule has 2 aromatic carbocycles. The third-order valence-corrected chi connectivity index (χ3v) is 6.13. The lowest BCUT2D eigenvalue weighted by Gasteiger charge is -2.34. The van der Waals surface area contributed by atoms with E-state index in [-0.39, 0.29) is 5.63 Å². The highest BCUT2D eigenvalue weighted by Gasteiger charge is 2.22. The van der Waals surface area contributed by atoms with Crippen LogP contribution < -0.4 is 15.4 Å². The number of hydrogen-bond donors (Lipinski definition) is 1. The van der Waals surface area contributed by atoms with Crippen LogP contribution in [0.3, 0.4) is 0 Å². The Bertz CT molecular complexity index is 1050. The molecule has 0 spiro atoms. The quantitative estimate of drug-likeness (QED) is 0.711. The van der Waals surface area contributed by atoms with Crippen LogP contribution in [-0.2, 0) is 13.0 Å². The van der Waals surface area contributed by atoms with Crippen LogP contribution in [0.2, 0.25) is 0 Å². The first-order chi connectivity index (χ1) is 13.5. The van der Waals surface area contributed by atoms with Crippen molar-refractivity contribution < 1.29 is 9.32 Å². The van der Waals surface area contributed by atoms with Crippen LogP contribution in [-0.4, -0.2) is 26.2 Å². The first kappa shape index (κ1) is 18.8. The summed E-state index contributed by atoms with van der Waals surface area (Å²) in [6.45, 7) is 11.6. The number of aryl methyl sites for hydroxylation is 2. The van der Waals surface area contributed by atoms with Gasteiger partial charge in [0, 0.05) is 22.7 Å². The minimum Gasteiger partial charge on any atom is -0.423 e. The van der Waals surface area contributed by atoms with E-state index >= 15 is 0 Å². The van der Waals surface area contributed by atoms with Gasteiger partial charge in [0.25, 0.3) is 0 Å². The lowest BCUT2D eigenvalue weighted by atomic mass is 10.0. The molecule has 1 aromatic heterocycles. The summed E-state index contributed by atoms with van der Waals surface area (Å²) in [5.74, 6) is 0. The molecule has 1 aliphatic heterocycles. The Morgan fingerprint density at radius 1 is 1.07 bits per heavy atom. The molecule has 1 saturated heterocycles. The summed E-state index contributed by atoms with van der Waals surface area (Å²) >= 11 is 0. The third-order valence-electron chi connectivity index (χ3n) is 6.13. The van der Waals surface area contributed by atoms with Gasteiger partial charge in [0.2, 0.25) is 0 Å². The van der Waals surface area contributed by atoms with Crippen LogP contribution in [0.5, 0.6) is 0 Å². The average Bonchev–Trinajstić information content (AvgIpc) is 2.70. The van der Waals surface area contributed by atoms with Crippen LogP contribution in [0.15, 0.2) is 51.7 Å². The summed E-state index contributed by atoms with van der Waals surface area (Å²) in [7, 11) is 0. The molecular weight excluding hydrogens is 348 g/mol. The number of fused-ring (bicyclic) bond motifs is 1. The number of anilines is 1. The Labute approximate surface area is 166 Å². The fourth-order valence-corrected chi connectivity index (χ4v) is 4.23. The second-order valence-electron chi connectivity index (χ2n) is 7.91. The normalized spacial score (nSPS) is 15.3. The van der Waals surface area contributed by atoms with Gasteiger partial charge in [-0.2, -0.15) is 0 Å². The lowest BCUT2D eigenvalue weighted by molar-refractivity contribution is -0.914. The number of nitrogens with zero attached hydrogens (tertiary/aromatic N) is 1. The lowest BCUT2D eigenvalue weighted by Crippen LogP contribution is -3.13. The number of quaternary nitrogens is 1. The van der Waals surface area contributed by atoms with Crippen molar-refractivity contribution in [1.82, 2.24) is 0 Å². The highest BCUT2D eigenvalue weighted by Crippen LogP contribution is 2.23. The second-order valence-corrected chi connectivity index (χ2v) is 7.91. The number of nitrogens with one attached hydrogen (secondary N) is 1. The Hall–Kier alpha value is -2.59. The van der Waals surface area contributed by atoms with Gasteiger partial charge in [-0.25, -0.2) is 4.79 Å². The maximum absolute atomic E-state index is 12.1. The summed E-state index contributed by atoms with van der Waals surface area (Å²) in [5.41, 5.74) is 6.85. The molecule has 1 N–H and O–H groups in total. The molecule has 1 aliphatic rings. The predicted octanol–water partition coefficient (Wildman–Crippen LogP) is 2.88. The molecule has 0 bridgehead atoms. The molecule has 3 aromatic rings. The molecule has 4 heteroatoms. The standard InChI is InChI=1S/C24H28N2O2/c1-4-19-8-9-21-20(15-24(27)28-23(21)14-19)16-25-10-12-26(13-11-25)22-7-5-6-17(2)18(22)3/h5-9,14-15H,4,10-13,16H2,1-3H3/p+1. The van der Waals surface area contributed by atoms with Gasteiger partial charge in [-0.3, -0.25) is 0 Å². The SMILES string of the molecule is CCc1ccc2c(C[NH+]3CCN(c4cccc(C)c4C)CC3)cc(=O)oc2c1. The van der Waals surface area contributed by atoms with E-state index in [9.17, 15) is 4.79 Å². The van der Waals surface area contributed by atoms with Gasteiger partial charge in [0.05, 0.1) is 26.2 Å². The number of rotatable bonds is 4. The van der Waals surface area contributed by atoms with E-state index in [0.29, 0.717) is 0 Å². The zero-order chi connectivity index (χ0) is 19.7. The van der Waals surface area contributed by atoms with Gasteiger partial charge in [-0.1, -0.05) is 31.2 Å². The van der Waals surface area contributed by atoms with E-state index in [1.165, 1.54) is 27.3 Å². The highest BCUT2D eigenvalue weighted by molar-refractivity contribution is 5.80. The van der Waals surface area contributed by atoms with E-state index in [1.54, 1.807) is 6.07 Å². The van der Waals surface area contributed by atoms with E-state index in [1.807, 2.05) is 6.07 Å². The molecular formula is C24H29N2O2+. The van der Waals surface area contributed by atoms with Crippen LogP contribution in [0.25, 0.3) is 11.0 Å². The minimum absolute atomic E-state index is 0.246. The van der Waals surface area contributed by atoms with Crippen molar-refractivity contribution in [3.05, 3.63) is 75.1 Å². The zero-order valence-electron chi connectivity index (χ0n) is 17.0. The number of hydrogen-bond acceptors (Lipinski definition) is 3.